The molecule has 1 aliphatic heterocycles. The smallest absolute Gasteiger partial charge is 0.123 e. The summed E-state index contributed by atoms with van der Waals surface area (Å²) in [4.78, 5) is 3.64. The number of aliphatic hydroxyl groups is 1. The standard InChI is InChI=1S/C25H25FN4OS/c1-17-4-6-19(7-5-17)23-13-24(25(31)16-29(23)14-21-3-2-12-32-21)30-15-22(27-28-30)18-8-10-20(26)11-9-18/h2-12,15,23-25,31H,13-14,16H2,1H3/t23-,24-,25-/m1/s1. The molecule has 1 aliphatic rings. The van der Waals surface area contributed by atoms with Crippen LogP contribution in [0.25, 0.3) is 11.3 Å². The van der Waals surface area contributed by atoms with E-state index in [1.807, 2.05) is 6.20 Å². The summed E-state index contributed by atoms with van der Waals surface area (Å²) in [7, 11) is 0. The van der Waals surface area contributed by atoms with Crippen LogP contribution in [-0.2, 0) is 6.54 Å². The Morgan fingerprint density at radius 1 is 1.09 bits per heavy atom. The first-order chi connectivity index (χ1) is 15.6. The number of likely N-dealkylation sites (tertiary alicyclic amines) is 1. The van der Waals surface area contributed by atoms with Gasteiger partial charge in [-0.1, -0.05) is 41.1 Å². The Labute approximate surface area is 190 Å². The Hall–Kier alpha value is -2.87. The lowest BCUT2D eigenvalue weighted by Crippen LogP contribution is -2.46. The van der Waals surface area contributed by atoms with Gasteiger partial charge in [-0.05, 0) is 54.6 Å². The quantitative estimate of drug-likeness (QED) is 0.467. The number of benzene rings is 2. The van der Waals surface area contributed by atoms with Gasteiger partial charge < -0.3 is 5.11 Å². The van der Waals surface area contributed by atoms with Crippen molar-refractivity contribution < 1.29 is 9.50 Å². The fraction of sp³-hybridized carbons (Fsp3) is 0.280. The first-order valence-electron chi connectivity index (χ1n) is 10.8. The van der Waals surface area contributed by atoms with Crippen LogP contribution in [0.2, 0.25) is 0 Å². The minimum absolute atomic E-state index is 0.157. The van der Waals surface area contributed by atoms with Crippen LogP contribution >= 0.6 is 11.3 Å². The van der Waals surface area contributed by atoms with Crippen molar-refractivity contribution in [2.24, 2.45) is 0 Å². The zero-order valence-corrected chi connectivity index (χ0v) is 18.6. The molecular weight excluding hydrogens is 423 g/mol. The van der Waals surface area contributed by atoms with Gasteiger partial charge in [-0.2, -0.15) is 0 Å². The van der Waals surface area contributed by atoms with Crippen molar-refractivity contribution in [1.29, 1.82) is 0 Å². The van der Waals surface area contributed by atoms with Gasteiger partial charge in [-0.15, -0.1) is 16.4 Å². The molecule has 0 spiro atoms. The zero-order chi connectivity index (χ0) is 22.1. The third-order valence-electron chi connectivity index (χ3n) is 6.16. The molecule has 3 heterocycles. The van der Waals surface area contributed by atoms with E-state index in [4.69, 9.17) is 0 Å². The highest BCUT2D eigenvalue weighted by molar-refractivity contribution is 7.09. The predicted octanol–water partition coefficient (Wildman–Crippen LogP) is 5.00. The molecule has 1 fully saturated rings. The van der Waals surface area contributed by atoms with Crippen LogP contribution in [-0.4, -0.2) is 37.6 Å². The lowest BCUT2D eigenvalue weighted by atomic mass is 9.89. The number of aryl methyl sites for hydroxylation is 1. The van der Waals surface area contributed by atoms with E-state index in [1.54, 1.807) is 28.2 Å². The molecule has 7 heteroatoms. The fourth-order valence-corrected chi connectivity index (χ4v) is 5.14. The number of piperidine rings is 1. The lowest BCUT2D eigenvalue weighted by molar-refractivity contribution is -0.0131. The maximum Gasteiger partial charge on any atom is 0.123 e. The third kappa shape index (κ3) is 4.37. The number of thiophene rings is 1. The number of halogens is 1. The topological polar surface area (TPSA) is 54.2 Å². The van der Waals surface area contributed by atoms with Gasteiger partial charge in [-0.25, -0.2) is 9.07 Å². The number of hydrogen-bond donors (Lipinski definition) is 1. The van der Waals surface area contributed by atoms with E-state index >= 15 is 0 Å². The Morgan fingerprint density at radius 2 is 1.88 bits per heavy atom. The first kappa shape index (κ1) is 21.0. The highest BCUT2D eigenvalue weighted by Gasteiger charge is 2.37. The van der Waals surface area contributed by atoms with Crippen molar-refractivity contribution in [3.63, 3.8) is 0 Å². The van der Waals surface area contributed by atoms with Gasteiger partial charge in [0.1, 0.15) is 11.5 Å². The summed E-state index contributed by atoms with van der Waals surface area (Å²) >= 11 is 1.74. The van der Waals surface area contributed by atoms with E-state index in [2.05, 4.69) is 63.9 Å². The van der Waals surface area contributed by atoms with Crippen LogP contribution < -0.4 is 0 Å². The molecule has 32 heavy (non-hydrogen) atoms. The van der Waals surface area contributed by atoms with Crippen LogP contribution in [0.1, 0.15) is 34.5 Å². The third-order valence-corrected chi connectivity index (χ3v) is 7.02. The molecule has 3 atom stereocenters. The molecule has 2 aromatic heterocycles. The normalized spacial score (nSPS) is 21.7. The van der Waals surface area contributed by atoms with Gasteiger partial charge in [0.25, 0.3) is 0 Å². The number of aliphatic hydroxyl groups excluding tert-OH is 1. The average Bonchev–Trinajstić information content (AvgIpc) is 3.48. The summed E-state index contributed by atoms with van der Waals surface area (Å²) in [6, 6.07) is 19.0. The number of β-amino-alcohol motifs (C(OH)–C–C–N with tert-alkyl or cyclic N) is 1. The van der Waals surface area contributed by atoms with E-state index in [9.17, 15) is 9.50 Å². The van der Waals surface area contributed by atoms with Crippen molar-refractivity contribution in [2.45, 2.75) is 38.1 Å². The molecule has 2 aromatic carbocycles. The molecular formula is C25H25FN4OS. The summed E-state index contributed by atoms with van der Waals surface area (Å²) < 4.78 is 15.0. The van der Waals surface area contributed by atoms with Gasteiger partial charge in [0.05, 0.1) is 18.3 Å². The van der Waals surface area contributed by atoms with E-state index < -0.39 is 6.10 Å². The molecule has 0 amide bonds. The Bertz CT molecular complexity index is 1160. The van der Waals surface area contributed by atoms with Crippen molar-refractivity contribution >= 4 is 11.3 Å². The van der Waals surface area contributed by atoms with Crippen LogP contribution in [0.15, 0.2) is 72.2 Å². The van der Waals surface area contributed by atoms with Crippen molar-refractivity contribution in [3.8, 4) is 11.3 Å². The van der Waals surface area contributed by atoms with E-state index in [-0.39, 0.29) is 17.9 Å². The summed E-state index contributed by atoms with van der Waals surface area (Å²) in [6.45, 7) is 3.44. The highest BCUT2D eigenvalue weighted by Crippen LogP contribution is 2.38. The second-order valence-electron chi connectivity index (χ2n) is 8.40. The Kier molecular flexibility index (Phi) is 5.87. The van der Waals surface area contributed by atoms with Gasteiger partial charge >= 0.3 is 0 Å². The van der Waals surface area contributed by atoms with Crippen molar-refractivity contribution in [1.82, 2.24) is 19.9 Å². The second-order valence-corrected chi connectivity index (χ2v) is 9.43. The van der Waals surface area contributed by atoms with Crippen LogP contribution in [0.3, 0.4) is 0 Å². The molecule has 0 unspecified atom stereocenters. The van der Waals surface area contributed by atoms with E-state index in [1.165, 1.54) is 28.1 Å². The van der Waals surface area contributed by atoms with Crippen molar-refractivity contribution in [3.05, 3.63) is 94.1 Å². The van der Waals surface area contributed by atoms with E-state index in [0.29, 0.717) is 12.2 Å². The van der Waals surface area contributed by atoms with E-state index in [0.717, 1.165) is 18.5 Å². The van der Waals surface area contributed by atoms with Crippen LogP contribution in [0.4, 0.5) is 4.39 Å². The minimum atomic E-state index is -0.570. The van der Waals surface area contributed by atoms with Gasteiger partial charge in [-0.3, -0.25) is 4.90 Å². The van der Waals surface area contributed by atoms with Gasteiger partial charge in [0.15, 0.2) is 0 Å². The number of hydrogen-bond acceptors (Lipinski definition) is 5. The second kappa shape index (κ2) is 8.94. The summed E-state index contributed by atoms with van der Waals surface area (Å²) in [5.41, 5.74) is 3.94. The number of nitrogens with zero attached hydrogens (tertiary/aromatic N) is 4. The maximum absolute atomic E-state index is 13.3. The summed E-state index contributed by atoms with van der Waals surface area (Å²) in [5.74, 6) is -0.282. The molecule has 0 aliphatic carbocycles. The Balaban J connectivity index is 1.43. The number of rotatable bonds is 5. The van der Waals surface area contributed by atoms with Crippen molar-refractivity contribution in [2.75, 3.05) is 6.54 Å². The van der Waals surface area contributed by atoms with Crippen LogP contribution in [0, 0.1) is 12.7 Å². The van der Waals surface area contributed by atoms with Gasteiger partial charge in [0.2, 0.25) is 0 Å². The SMILES string of the molecule is Cc1ccc([C@H]2C[C@@H](n3cc(-c4ccc(F)cc4)nn3)[C@H](O)CN2Cc2cccs2)cc1. The highest BCUT2D eigenvalue weighted by atomic mass is 32.1. The fourth-order valence-electron chi connectivity index (χ4n) is 4.41. The average molecular weight is 449 g/mol. The molecule has 0 radical (unpaired) electrons. The lowest BCUT2D eigenvalue weighted by Gasteiger charge is -2.42. The summed E-state index contributed by atoms with van der Waals surface area (Å²) in [6.07, 6.45) is 2.00. The van der Waals surface area contributed by atoms with Gasteiger partial charge in [0, 0.05) is 29.6 Å². The molecule has 1 N–H and O–H groups in total. The molecule has 0 saturated carbocycles. The monoisotopic (exact) mass is 448 g/mol. The molecule has 0 bridgehead atoms. The Morgan fingerprint density at radius 3 is 2.59 bits per heavy atom. The zero-order valence-electron chi connectivity index (χ0n) is 17.8. The molecule has 5 rings (SSSR count). The largest absolute Gasteiger partial charge is 0.390 e. The predicted molar refractivity (Wildman–Crippen MR) is 124 cm³/mol. The first-order valence-corrected chi connectivity index (χ1v) is 11.6. The molecule has 5 nitrogen and oxygen atoms in total. The summed E-state index contributed by atoms with van der Waals surface area (Å²) in [5, 5.41) is 21.8. The molecule has 1 saturated heterocycles. The minimum Gasteiger partial charge on any atom is -0.390 e. The van der Waals surface area contributed by atoms with Crippen LogP contribution in [0.5, 0.6) is 0 Å². The molecule has 164 valence electrons. The maximum atomic E-state index is 13.3. The number of aromatic nitrogens is 3. The molecule has 4 aromatic rings.